The number of phenols is 4. The van der Waals surface area contributed by atoms with E-state index in [9.17, 15) is 50.1 Å². The lowest BCUT2D eigenvalue weighted by Crippen LogP contribution is -2.58. The van der Waals surface area contributed by atoms with Crippen LogP contribution in [0.25, 0.3) is 12.2 Å². The van der Waals surface area contributed by atoms with E-state index in [-0.39, 0.29) is 17.1 Å². The number of carboxylic acid groups (broad SMARTS) is 1. The standard InChI is InChI=1S/C25H24O12/c26-15-5-1-13(9-17(15)28)3-7-21(31)36-20-12-25(24(34)35,11-19(30)23(20)33)37-22(32)8-4-14-2-6-16(27)18(29)10-14/h1-10,19-20,23,26-30,33H,11-12H2,(H,34,35)/b7-3+,8-4-/t19-,20-,23+,25-/m1/s1. The summed E-state index contributed by atoms with van der Waals surface area (Å²) in [5.41, 5.74) is -1.73. The van der Waals surface area contributed by atoms with Crippen molar-refractivity contribution in [1.82, 2.24) is 0 Å². The Morgan fingerprint density at radius 2 is 1.30 bits per heavy atom. The first-order chi connectivity index (χ1) is 17.4. The molecule has 0 radical (unpaired) electrons. The van der Waals surface area contributed by atoms with E-state index in [4.69, 9.17) is 9.47 Å². The summed E-state index contributed by atoms with van der Waals surface area (Å²) < 4.78 is 10.2. The molecule has 0 unspecified atom stereocenters. The van der Waals surface area contributed by atoms with Crippen LogP contribution in [0.4, 0.5) is 0 Å². The molecule has 12 nitrogen and oxygen atoms in total. The van der Waals surface area contributed by atoms with E-state index >= 15 is 0 Å². The zero-order chi connectivity index (χ0) is 27.3. The molecule has 2 aromatic rings. The largest absolute Gasteiger partial charge is 0.504 e. The highest BCUT2D eigenvalue weighted by atomic mass is 16.6. The molecule has 0 saturated heterocycles. The Labute approximate surface area is 209 Å². The van der Waals surface area contributed by atoms with E-state index in [1.54, 1.807) is 0 Å². The summed E-state index contributed by atoms with van der Waals surface area (Å²) in [5.74, 6) is -5.41. The van der Waals surface area contributed by atoms with Gasteiger partial charge in [0.15, 0.2) is 23.0 Å². The van der Waals surface area contributed by atoms with Crippen LogP contribution in [0.1, 0.15) is 24.0 Å². The minimum absolute atomic E-state index is 0.288. The number of aliphatic hydroxyl groups excluding tert-OH is 2. The fourth-order valence-corrected chi connectivity index (χ4v) is 3.68. The summed E-state index contributed by atoms with van der Waals surface area (Å²) in [7, 11) is 0. The molecule has 7 N–H and O–H groups in total. The molecule has 0 amide bonds. The Morgan fingerprint density at radius 1 is 0.784 bits per heavy atom. The van der Waals surface area contributed by atoms with Gasteiger partial charge in [-0.25, -0.2) is 14.4 Å². The quantitative estimate of drug-likeness (QED) is 0.156. The zero-order valence-corrected chi connectivity index (χ0v) is 19.1. The highest BCUT2D eigenvalue weighted by molar-refractivity contribution is 5.91. The van der Waals surface area contributed by atoms with Crippen LogP contribution in [0.5, 0.6) is 23.0 Å². The summed E-state index contributed by atoms with van der Waals surface area (Å²) in [5, 5.41) is 68.0. The SMILES string of the molecule is O=C(/C=C\c1ccc(O)c(O)c1)O[C@]1(C(=O)O)C[C@@H](O)[C@H](O)[C@H](OC(=O)/C=C/c2ccc(O)c(O)c2)C1. The Kier molecular flexibility index (Phi) is 8.05. The molecule has 0 spiro atoms. The molecule has 3 rings (SSSR count). The van der Waals surface area contributed by atoms with E-state index in [0.717, 1.165) is 18.2 Å². The average molecular weight is 516 g/mol. The highest BCUT2D eigenvalue weighted by Gasteiger charge is 2.54. The van der Waals surface area contributed by atoms with Crippen molar-refractivity contribution in [2.24, 2.45) is 0 Å². The maximum absolute atomic E-state index is 12.4. The van der Waals surface area contributed by atoms with Gasteiger partial charge in [0, 0.05) is 25.0 Å². The number of hydrogen-bond acceptors (Lipinski definition) is 11. The van der Waals surface area contributed by atoms with Crippen LogP contribution < -0.4 is 0 Å². The number of carboxylic acids is 1. The number of hydrogen-bond donors (Lipinski definition) is 7. The van der Waals surface area contributed by atoms with E-state index in [1.165, 1.54) is 42.5 Å². The van der Waals surface area contributed by atoms with Crippen LogP contribution in [-0.2, 0) is 23.9 Å². The summed E-state index contributed by atoms with van der Waals surface area (Å²) >= 11 is 0. The fraction of sp³-hybridized carbons (Fsp3) is 0.240. The van der Waals surface area contributed by atoms with Gasteiger partial charge >= 0.3 is 17.9 Å². The van der Waals surface area contributed by atoms with Gasteiger partial charge in [-0.1, -0.05) is 12.1 Å². The van der Waals surface area contributed by atoms with Gasteiger partial charge < -0.3 is 45.2 Å². The summed E-state index contributed by atoms with van der Waals surface area (Å²) in [6.45, 7) is 0. The number of esters is 2. The van der Waals surface area contributed by atoms with Gasteiger partial charge in [-0.05, 0) is 47.5 Å². The molecule has 12 heteroatoms. The van der Waals surface area contributed by atoms with Crippen molar-refractivity contribution in [3.63, 3.8) is 0 Å². The number of benzene rings is 2. The molecule has 0 bridgehead atoms. The summed E-state index contributed by atoms with van der Waals surface area (Å²) in [4.78, 5) is 36.7. The first kappa shape index (κ1) is 27.0. The molecular weight excluding hydrogens is 492 g/mol. The molecule has 196 valence electrons. The molecule has 1 fully saturated rings. The van der Waals surface area contributed by atoms with Crippen LogP contribution >= 0.6 is 0 Å². The highest BCUT2D eigenvalue weighted by Crippen LogP contribution is 2.35. The molecule has 1 saturated carbocycles. The van der Waals surface area contributed by atoms with Crippen molar-refractivity contribution in [3.8, 4) is 23.0 Å². The summed E-state index contributed by atoms with van der Waals surface area (Å²) in [6, 6.07) is 7.44. The van der Waals surface area contributed by atoms with Crippen molar-refractivity contribution in [2.75, 3.05) is 0 Å². The number of rotatable bonds is 7. The third-order valence-electron chi connectivity index (χ3n) is 5.62. The second-order valence-corrected chi connectivity index (χ2v) is 8.33. The van der Waals surface area contributed by atoms with Crippen LogP contribution in [-0.4, -0.2) is 77.6 Å². The van der Waals surface area contributed by atoms with Crippen LogP contribution in [0.2, 0.25) is 0 Å². The van der Waals surface area contributed by atoms with Crippen molar-refractivity contribution in [1.29, 1.82) is 0 Å². The lowest BCUT2D eigenvalue weighted by Gasteiger charge is -2.41. The predicted octanol–water partition coefficient (Wildman–Crippen LogP) is 1.03. The first-order valence-corrected chi connectivity index (χ1v) is 10.8. The Balaban J connectivity index is 1.73. The normalized spacial score (nSPS) is 23.7. The van der Waals surface area contributed by atoms with Crippen LogP contribution in [0.3, 0.4) is 0 Å². The van der Waals surface area contributed by atoms with Gasteiger partial charge in [0.1, 0.15) is 12.2 Å². The van der Waals surface area contributed by atoms with E-state index in [1.807, 2.05) is 0 Å². The molecule has 1 aliphatic rings. The predicted molar refractivity (Wildman–Crippen MR) is 125 cm³/mol. The second-order valence-electron chi connectivity index (χ2n) is 8.33. The molecule has 1 aliphatic carbocycles. The lowest BCUT2D eigenvalue weighted by molar-refractivity contribution is -0.207. The van der Waals surface area contributed by atoms with E-state index < -0.39 is 66.2 Å². The van der Waals surface area contributed by atoms with Crippen molar-refractivity contribution in [2.45, 2.75) is 36.8 Å². The Morgan fingerprint density at radius 3 is 1.78 bits per heavy atom. The molecular formula is C25H24O12. The zero-order valence-electron chi connectivity index (χ0n) is 19.1. The second kappa shape index (κ2) is 11.0. The van der Waals surface area contributed by atoms with Gasteiger partial charge in [-0.3, -0.25) is 0 Å². The molecule has 37 heavy (non-hydrogen) atoms. The maximum atomic E-state index is 12.4. The van der Waals surface area contributed by atoms with E-state index in [0.29, 0.717) is 5.56 Å². The lowest BCUT2D eigenvalue weighted by atomic mass is 9.79. The minimum atomic E-state index is -2.34. The number of phenolic OH excluding ortho intramolecular Hbond substituents is 4. The molecule has 0 heterocycles. The van der Waals surface area contributed by atoms with Gasteiger partial charge in [-0.2, -0.15) is 0 Å². The van der Waals surface area contributed by atoms with Crippen LogP contribution in [0.15, 0.2) is 48.6 Å². The third-order valence-corrected chi connectivity index (χ3v) is 5.62. The third kappa shape index (κ3) is 6.57. The number of carbonyl (C=O) groups excluding carboxylic acids is 2. The number of aromatic hydroxyl groups is 4. The topological polar surface area (TPSA) is 211 Å². The number of ether oxygens (including phenoxy) is 2. The van der Waals surface area contributed by atoms with Gasteiger partial charge in [0.05, 0.1) is 6.10 Å². The van der Waals surface area contributed by atoms with Crippen molar-refractivity contribution in [3.05, 3.63) is 59.7 Å². The molecule has 0 aliphatic heterocycles. The molecule has 0 aromatic heterocycles. The summed E-state index contributed by atoms with van der Waals surface area (Å²) in [6.07, 6.45) is -2.09. The molecule has 4 atom stereocenters. The van der Waals surface area contributed by atoms with Gasteiger partial charge in [-0.15, -0.1) is 0 Å². The van der Waals surface area contributed by atoms with Crippen molar-refractivity contribution < 1.29 is 59.6 Å². The molecule has 2 aromatic carbocycles. The van der Waals surface area contributed by atoms with Gasteiger partial charge in [0.25, 0.3) is 0 Å². The fourth-order valence-electron chi connectivity index (χ4n) is 3.68. The average Bonchev–Trinajstić information content (AvgIpc) is 2.83. The maximum Gasteiger partial charge on any atom is 0.348 e. The Bertz CT molecular complexity index is 1250. The van der Waals surface area contributed by atoms with Gasteiger partial charge in [0.2, 0.25) is 5.60 Å². The monoisotopic (exact) mass is 516 g/mol. The Hall–Kier alpha value is -4.55. The smallest absolute Gasteiger partial charge is 0.348 e. The number of aliphatic hydroxyl groups is 2. The van der Waals surface area contributed by atoms with Crippen LogP contribution in [0, 0.1) is 0 Å². The van der Waals surface area contributed by atoms with Crippen molar-refractivity contribution >= 4 is 30.1 Å². The number of carbonyl (C=O) groups is 3. The number of aliphatic carboxylic acids is 1. The van der Waals surface area contributed by atoms with E-state index in [2.05, 4.69) is 0 Å². The minimum Gasteiger partial charge on any atom is -0.504 e. The first-order valence-electron chi connectivity index (χ1n) is 10.8.